The quantitative estimate of drug-likeness (QED) is 0.819. The van der Waals surface area contributed by atoms with Crippen molar-refractivity contribution >= 4 is 28.3 Å². The molecule has 1 atom stereocenters. The van der Waals surface area contributed by atoms with Gasteiger partial charge in [-0.15, -0.1) is 11.3 Å². The second-order valence-electron chi connectivity index (χ2n) is 6.03. The molecule has 0 aliphatic rings. The van der Waals surface area contributed by atoms with Gasteiger partial charge >= 0.3 is 6.18 Å². The number of alkyl halides is 3. The van der Waals surface area contributed by atoms with E-state index >= 15 is 0 Å². The van der Waals surface area contributed by atoms with Gasteiger partial charge in [-0.2, -0.15) is 13.2 Å². The van der Waals surface area contributed by atoms with Gasteiger partial charge in [0.15, 0.2) is 5.13 Å². The third-order valence-corrected chi connectivity index (χ3v) is 4.29. The summed E-state index contributed by atoms with van der Waals surface area (Å²) in [6, 6.07) is 4.09. The van der Waals surface area contributed by atoms with E-state index in [1.54, 1.807) is 19.2 Å². The molecule has 0 aliphatic carbocycles. The van der Waals surface area contributed by atoms with E-state index in [1.807, 2.05) is 0 Å². The van der Waals surface area contributed by atoms with Crippen LogP contribution in [0.4, 0.5) is 18.3 Å². The lowest BCUT2D eigenvalue weighted by Crippen LogP contribution is -2.46. The number of aromatic nitrogens is 1. The van der Waals surface area contributed by atoms with Gasteiger partial charge in [-0.3, -0.25) is 9.59 Å². The molecule has 1 heterocycles. The van der Waals surface area contributed by atoms with Crippen molar-refractivity contribution < 1.29 is 22.8 Å². The van der Waals surface area contributed by atoms with Gasteiger partial charge in [0.2, 0.25) is 11.8 Å². The molecule has 9 heteroatoms. The van der Waals surface area contributed by atoms with Crippen LogP contribution in [0, 0.1) is 5.92 Å². The van der Waals surface area contributed by atoms with Crippen LogP contribution >= 0.6 is 11.3 Å². The Hall–Kier alpha value is -2.42. The van der Waals surface area contributed by atoms with Gasteiger partial charge in [0.25, 0.3) is 0 Å². The van der Waals surface area contributed by atoms with E-state index in [0.717, 1.165) is 23.5 Å². The number of nitrogens with one attached hydrogen (secondary N) is 2. The summed E-state index contributed by atoms with van der Waals surface area (Å²) in [6.45, 7) is 4.89. The van der Waals surface area contributed by atoms with Gasteiger partial charge in [0.1, 0.15) is 6.04 Å². The monoisotopic (exact) mass is 385 g/mol. The largest absolute Gasteiger partial charge is 0.416 e. The highest BCUT2D eigenvalue weighted by molar-refractivity contribution is 7.14. The van der Waals surface area contributed by atoms with E-state index in [2.05, 4.69) is 15.6 Å². The molecule has 26 heavy (non-hydrogen) atoms. The van der Waals surface area contributed by atoms with E-state index in [0.29, 0.717) is 11.3 Å². The van der Waals surface area contributed by atoms with Crippen molar-refractivity contribution in [3.63, 3.8) is 0 Å². The fourth-order valence-corrected chi connectivity index (χ4v) is 2.98. The van der Waals surface area contributed by atoms with E-state index in [-0.39, 0.29) is 17.0 Å². The zero-order valence-electron chi connectivity index (χ0n) is 14.3. The van der Waals surface area contributed by atoms with Gasteiger partial charge in [-0.25, -0.2) is 4.98 Å². The van der Waals surface area contributed by atoms with Gasteiger partial charge in [0.05, 0.1) is 11.3 Å². The first-order chi connectivity index (χ1) is 12.1. The summed E-state index contributed by atoms with van der Waals surface area (Å²) in [5.41, 5.74) is -0.130. The number of hydrogen-bond donors (Lipinski definition) is 2. The minimum absolute atomic E-state index is 0.137. The number of anilines is 1. The fourth-order valence-electron chi connectivity index (χ4n) is 2.26. The third kappa shape index (κ3) is 5.04. The SMILES string of the molecule is CC(=O)NC(C(=O)Nc1nc(-c2cccc(C(F)(F)F)c2)cs1)C(C)C. The molecule has 5 nitrogen and oxygen atoms in total. The number of rotatable bonds is 5. The van der Waals surface area contributed by atoms with Gasteiger partial charge < -0.3 is 10.6 Å². The first kappa shape index (κ1) is 19.9. The molecule has 0 radical (unpaired) electrons. The van der Waals surface area contributed by atoms with E-state index in [1.165, 1.54) is 19.1 Å². The maximum absolute atomic E-state index is 12.8. The van der Waals surface area contributed by atoms with Crippen molar-refractivity contribution in [3.05, 3.63) is 35.2 Å². The maximum atomic E-state index is 12.8. The summed E-state index contributed by atoms with van der Waals surface area (Å²) in [7, 11) is 0. The highest BCUT2D eigenvalue weighted by Crippen LogP contribution is 2.33. The zero-order chi connectivity index (χ0) is 19.5. The molecule has 1 aromatic heterocycles. The molecule has 0 bridgehead atoms. The molecule has 0 saturated heterocycles. The third-order valence-electron chi connectivity index (χ3n) is 3.53. The molecule has 2 rings (SSSR count). The highest BCUT2D eigenvalue weighted by Gasteiger charge is 2.30. The number of benzene rings is 1. The number of amides is 2. The molecular weight excluding hydrogens is 367 g/mol. The Morgan fingerprint density at radius 3 is 2.50 bits per heavy atom. The lowest BCUT2D eigenvalue weighted by Gasteiger charge is -2.20. The maximum Gasteiger partial charge on any atom is 0.416 e. The summed E-state index contributed by atoms with van der Waals surface area (Å²) in [6.07, 6.45) is -4.44. The van der Waals surface area contributed by atoms with Crippen LogP contribution in [0.15, 0.2) is 29.6 Å². The van der Waals surface area contributed by atoms with Crippen LogP contribution in [0.25, 0.3) is 11.3 Å². The van der Waals surface area contributed by atoms with Crippen LogP contribution in [-0.2, 0) is 15.8 Å². The molecule has 0 aliphatic heterocycles. The molecule has 1 unspecified atom stereocenters. The normalized spacial score (nSPS) is 12.7. The van der Waals surface area contributed by atoms with Gasteiger partial charge in [0, 0.05) is 17.9 Å². The van der Waals surface area contributed by atoms with Crippen LogP contribution in [0.3, 0.4) is 0 Å². The molecule has 2 aromatic rings. The number of carbonyl (C=O) groups is 2. The number of halogens is 3. The minimum atomic E-state index is -4.44. The van der Waals surface area contributed by atoms with Crippen molar-refractivity contribution in [2.24, 2.45) is 5.92 Å². The van der Waals surface area contributed by atoms with E-state index in [9.17, 15) is 22.8 Å². The van der Waals surface area contributed by atoms with Crippen molar-refractivity contribution in [2.75, 3.05) is 5.32 Å². The predicted molar refractivity (Wildman–Crippen MR) is 93.6 cm³/mol. The smallest absolute Gasteiger partial charge is 0.344 e. The Morgan fingerprint density at radius 2 is 1.92 bits per heavy atom. The van der Waals surface area contributed by atoms with Crippen LogP contribution in [-0.4, -0.2) is 22.8 Å². The molecule has 1 aromatic carbocycles. The van der Waals surface area contributed by atoms with Crippen LogP contribution in [0.2, 0.25) is 0 Å². The molecule has 140 valence electrons. The lowest BCUT2D eigenvalue weighted by atomic mass is 10.0. The average molecular weight is 385 g/mol. The van der Waals surface area contributed by atoms with Gasteiger partial charge in [-0.1, -0.05) is 26.0 Å². The molecule has 2 N–H and O–H groups in total. The number of thiazole rings is 1. The van der Waals surface area contributed by atoms with Crippen molar-refractivity contribution in [1.29, 1.82) is 0 Å². The highest BCUT2D eigenvalue weighted by atomic mass is 32.1. The van der Waals surface area contributed by atoms with Crippen molar-refractivity contribution in [3.8, 4) is 11.3 Å². The predicted octanol–water partition coefficient (Wildman–Crippen LogP) is 3.93. The zero-order valence-corrected chi connectivity index (χ0v) is 15.2. The summed E-state index contributed by atoms with van der Waals surface area (Å²) in [4.78, 5) is 27.7. The molecule has 0 saturated carbocycles. The summed E-state index contributed by atoms with van der Waals surface area (Å²) in [5.74, 6) is -0.899. The van der Waals surface area contributed by atoms with Crippen molar-refractivity contribution in [1.82, 2.24) is 10.3 Å². The number of carbonyl (C=O) groups excluding carboxylic acids is 2. The second-order valence-corrected chi connectivity index (χ2v) is 6.89. The Labute approximate surface area is 152 Å². The molecule has 0 fully saturated rings. The van der Waals surface area contributed by atoms with E-state index in [4.69, 9.17) is 0 Å². The Balaban J connectivity index is 2.17. The van der Waals surface area contributed by atoms with Crippen LogP contribution < -0.4 is 10.6 Å². The van der Waals surface area contributed by atoms with Crippen LogP contribution in [0.5, 0.6) is 0 Å². The molecule has 2 amide bonds. The topological polar surface area (TPSA) is 71.1 Å². The Kier molecular flexibility index (Phi) is 6.01. The lowest BCUT2D eigenvalue weighted by molar-refractivity contribution is -0.137. The first-order valence-electron chi connectivity index (χ1n) is 7.79. The first-order valence-corrected chi connectivity index (χ1v) is 8.67. The Morgan fingerprint density at radius 1 is 1.23 bits per heavy atom. The average Bonchev–Trinajstić information content (AvgIpc) is 3.00. The second kappa shape index (κ2) is 7.86. The standard InChI is InChI=1S/C17H18F3N3O2S/c1-9(2)14(21-10(3)24)15(25)23-16-22-13(8-26-16)11-5-4-6-12(7-11)17(18,19)20/h4-9,14H,1-3H3,(H,21,24)(H,22,23,25). The number of hydrogen-bond acceptors (Lipinski definition) is 4. The summed E-state index contributed by atoms with van der Waals surface area (Å²) >= 11 is 1.10. The van der Waals surface area contributed by atoms with Crippen molar-refractivity contribution in [2.45, 2.75) is 33.0 Å². The minimum Gasteiger partial charge on any atom is -0.344 e. The van der Waals surface area contributed by atoms with Crippen LogP contribution in [0.1, 0.15) is 26.3 Å². The molecule has 0 spiro atoms. The van der Waals surface area contributed by atoms with E-state index < -0.39 is 23.7 Å². The molecular formula is C17H18F3N3O2S. The Bertz CT molecular complexity index is 803. The summed E-state index contributed by atoms with van der Waals surface area (Å²) < 4.78 is 38.5. The number of nitrogens with zero attached hydrogens (tertiary/aromatic N) is 1. The van der Waals surface area contributed by atoms with Gasteiger partial charge in [-0.05, 0) is 18.1 Å². The fraction of sp³-hybridized carbons (Fsp3) is 0.353. The summed E-state index contributed by atoms with van der Waals surface area (Å²) in [5, 5.41) is 6.97.